The van der Waals surface area contributed by atoms with E-state index < -0.39 is 9.21 Å². The number of hydrogen-bond donors (Lipinski definition) is 0. The van der Waals surface area contributed by atoms with E-state index in [1.807, 2.05) is 0 Å². The summed E-state index contributed by atoms with van der Waals surface area (Å²) in [4.78, 5) is 0. The van der Waals surface area contributed by atoms with Crippen molar-refractivity contribution in [2.24, 2.45) is 5.92 Å². The predicted molar refractivity (Wildman–Crippen MR) is 70.5 cm³/mol. The molecule has 0 saturated carbocycles. The van der Waals surface area contributed by atoms with Crippen LogP contribution in [-0.2, 0) is 0 Å². The van der Waals surface area contributed by atoms with E-state index >= 15 is 0 Å². The van der Waals surface area contributed by atoms with Gasteiger partial charge in [-0.25, -0.2) is 9.21 Å². The van der Waals surface area contributed by atoms with Crippen molar-refractivity contribution in [3.05, 3.63) is 0 Å². The lowest BCUT2D eigenvalue weighted by atomic mass is 10.1. The van der Waals surface area contributed by atoms with E-state index in [1.54, 1.807) is 0 Å². The Bertz CT molecular complexity index is 230. The minimum atomic E-state index is -0.676. The molecule has 13 heavy (non-hydrogen) atoms. The molecule has 0 nitrogen and oxygen atoms in total. The Hall–Kier alpha value is 0.0900. The van der Waals surface area contributed by atoms with Gasteiger partial charge in [-0.3, -0.25) is 0 Å². The minimum Gasteiger partial charge on any atom is -0.209 e. The molecular weight excluding hydrogens is 176 g/mol. The van der Waals surface area contributed by atoms with E-state index in [1.165, 1.54) is 18.6 Å². The Balaban J connectivity index is 4.50. The Kier molecular flexibility index (Phi) is 5.78. The smallest absolute Gasteiger partial charge is 0.00780 e. The zero-order valence-corrected chi connectivity index (χ0v) is 10.8. The highest BCUT2D eigenvalue weighted by Crippen LogP contribution is 2.32. The summed E-state index contributed by atoms with van der Waals surface area (Å²) in [5.41, 5.74) is 0. The molecule has 1 heteroatoms. The molecule has 0 fully saturated rings. The van der Waals surface area contributed by atoms with E-state index in [2.05, 4.69) is 45.9 Å². The highest BCUT2D eigenvalue weighted by molar-refractivity contribution is 8.28. The van der Waals surface area contributed by atoms with Crippen molar-refractivity contribution in [2.75, 3.05) is 5.75 Å². The van der Waals surface area contributed by atoms with E-state index in [9.17, 15) is 0 Å². The van der Waals surface area contributed by atoms with Crippen molar-refractivity contribution in [2.45, 2.75) is 52.7 Å². The summed E-state index contributed by atoms with van der Waals surface area (Å²) in [6, 6.07) is 0. The maximum absolute atomic E-state index is 4.46. The normalized spacial score (nSPS) is 18.3. The zero-order chi connectivity index (χ0) is 10.5. The van der Waals surface area contributed by atoms with Crippen molar-refractivity contribution in [1.29, 1.82) is 0 Å². The summed E-state index contributed by atoms with van der Waals surface area (Å²) in [6.07, 6.45) is 2.59. The first kappa shape index (κ1) is 13.1. The molecule has 0 aliphatic heterocycles. The molecule has 0 aromatic rings. The van der Waals surface area contributed by atoms with Gasteiger partial charge in [-0.1, -0.05) is 38.9 Å². The minimum absolute atomic E-state index is 0.676. The third-order valence-corrected chi connectivity index (χ3v) is 6.56. The molecule has 0 aromatic carbocycles. The molecule has 0 rings (SSSR count). The van der Waals surface area contributed by atoms with Crippen molar-refractivity contribution in [3.8, 4) is 0 Å². The van der Waals surface area contributed by atoms with Gasteiger partial charge in [0, 0.05) is 0 Å². The van der Waals surface area contributed by atoms with Crippen LogP contribution in [0.1, 0.15) is 47.5 Å². The third-order valence-electron chi connectivity index (χ3n) is 2.66. The Morgan fingerprint density at radius 3 is 2.15 bits per heavy atom. The van der Waals surface area contributed by atoms with Gasteiger partial charge in [-0.15, -0.1) is 0 Å². The molecule has 0 aliphatic rings. The van der Waals surface area contributed by atoms with Gasteiger partial charge < -0.3 is 0 Å². The molecule has 0 amide bonds. The Labute approximate surface area is 85.2 Å². The second-order valence-electron chi connectivity index (χ2n) is 4.39. The van der Waals surface area contributed by atoms with Crippen LogP contribution in [0.25, 0.3) is 0 Å². The van der Waals surface area contributed by atoms with Gasteiger partial charge in [0.25, 0.3) is 0 Å². The lowest BCUT2D eigenvalue weighted by Crippen LogP contribution is -2.10. The van der Waals surface area contributed by atoms with Crippen LogP contribution in [0.5, 0.6) is 0 Å². The summed E-state index contributed by atoms with van der Waals surface area (Å²) in [5, 5.41) is 3.17. The molecule has 0 bridgehead atoms. The second-order valence-corrected chi connectivity index (χ2v) is 8.09. The summed E-state index contributed by atoms with van der Waals surface area (Å²) < 4.78 is 0. The first-order valence-corrected chi connectivity index (χ1v) is 7.48. The van der Waals surface area contributed by atoms with Crippen molar-refractivity contribution >= 4 is 20.4 Å². The average molecular weight is 202 g/mol. The Morgan fingerprint density at radius 2 is 1.85 bits per heavy atom. The molecule has 0 spiro atoms. The van der Waals surface area contributed by atoms with Crippen LogP contribution in [0.2, 0.25) is 0 Å². The molecule has 2 atom stereocenters. The summed E-state index contributed by atoms with van der Waals surface area (Å²) in [7, 11) is -0.676. The lowest BCUT2D eigenvalue weighted by molar-refractivity contribution is 0.584. The third kappa shape index (κ3) is 4.21. The van der Waals surface area contributed by atoms with Crippen LogP contribution in [-0.4, -0.2) is 22.2 Å². The van der Waals surface area contributed by atoms with Gasteiger partial charge in [-0.05, 0) is 36.7 Å². The van der Waals surface area contributed by atoms with Crippen LogP contribution >= 0.6 is 9.21 Å². The molecule has 0 heterocycles. The first-order chi connectivity index (χ1) is 5.96. The maximum atomic E-state index is 4.46. The van der Waals surface area contributed by atoms with Crippen LogP contribution < -0.4 is 0 Å². The van der Waals surface area contributed by atoms with Crippen molar-refractivity contribution in [3.63, 3.8) is 0 Å². The van der Waals surface area contributed by atoms with Crippen LogP contribution in [0.15, 0.2) is 0 Å². The molecule has 2 unspecified atom stereocenters. The molecule has 0 N–H and O–H groups in total. The fourth-order valence-electron chi connectivity index (χ4n) is 1.79. The van der Waals surface area contributed by atoms with Gasteiger partial charge in [0.05, 0.1) is 0 Å². The van der Waals surface area contributed by atoms with E-state index in [0.29, 0.717) is 0 Å². The van der Waals surface area contributed by atoms with Crippen molar-refractivity contribution < 1.29 is 0 Å². The number of rotatable bonds is 5. The van der Waals surface area contributed by atoms with E-state index in [4.69, 9.17) is 0 Å². The second kappa shape index (κ2) is 5.74. The summed E-state index contributed by atoms with van der Waals surface area (Å²) in [6.45, 7) is 11.4. The molecule has 0 aromatic heterocycles. The van der Waals surface area contributed by atoms with Gasteiger partial charge in [0.1, 0.15) is 0 Å². The van der Waals surface area contributed by atoms with Crippen LogP contribution in [0, 0.1) is 5.92 Å². The summed E-state index contributed by atoms with van der Waals surface area (Å²) in [5.74, 6) is 6.57. The average Bonchev–Trinajstić information content (AvgIpc) is 2.03. The molecular formula is C12H26S. The highest BCUT2D eigenvalue weighted by atomic mass is 32.2. The van der Waals surface area contributed by atoms with Crippen molar-refractivity contribution in [1.82, 2.24) is 0 Å². The highest BCUT2D eigenvalue weighted by Gasteiger charge is 2.11. The van der Waals surface area contributed by atoms with Gasteiger partial charge >= 0.3 is 0 Å². The fourth-order valence-corrected chi connectivity index (χ4v) is 4.42. The monoisotopic (exact) mass is 202 g/mol. The SMILES string of the molecule is C=S(=CC)(CCC)C(C)CC(C)C. The predicted octanol–water partition coefficient (Wildman–Crippen LogP) is 3.89. The molecule has 0 saturated heterocycles. The van der Waals surface area contributed by atoms with Crippen LogP contribution in [0.4, 0.5) is 0 Å². The molecule has 0 aliphatic carbocycles. The fraction of sp³-hybridized carbons (Fsp3) is 0.833. The van der Waals surface area contributed by atoms with E-state index in [0.717, 1.165) is 11.2 Å². The lowest BCUT2D eigenvalue weighted by Gasteiger charge is -2.25. The van der Waals surface area contributed by atoms with Gasteiger partial charge in [-0.2, -0.15) is 0 Å². The first-order valence-electron chi connectivity index (χ1n) is 5.38. The zero-order valence-electron chi connectivity index (χ0n) is 9.97. The van der Waals surface area contributed by atoms with Crippen LogP contribution in [0.3, 0.4) is 0 Å². The quantitative estimate of drug-likeness (QED) is 0.593. The maximum Gasteiger partial charge on any atom is -0.00780 e. The topological polar surface area (TPSA) is 0 Å². The van der Waals surface area contributed by atoms with E-state index in [-0.39, 0.29) is 0 Å². The largest absolute Gasteiger partial charge is 0.209 e. The van der Waals surface area contributed by atoms with Gasteiger partial charge in [0.2, 0.25) is 0 Å². The summed E-state index contributed by atoms with van der Waals surface area (Å²) >= 11 is 0. The molecule has 0 radical (unpaired) electrons. The molecule has 80 valence electrons. The standard InChI is InChI=1S/C12H26S/c1-7-9-13(6,8-2)12(5)10-11(3)4/h8,11-12H,6-7,9-10H2,1-5H3. The van der Waals surface area contributed by atoms with Gasteiger partial charge in [0.15, 0.2) is 0 Å². The number of hydrogen-bond acceptors (Lipinski definition) is 0. The Morgan fingerprint density at radius 1 is 1.31 bits per heavy atom.